The number of hydrogen-bond donors (Lipinski definition) is 0. The monoisotopic (exact) mass is 222 g/mol. The molecule has 0 spiro atoms. The molecule has 0 amide bonds. The number of hydrogen-bond acceptors (Lipinski definition) is 2. The highest BCUT2D eigenvalue weighted by Crippen LogP contribution is 2.28. The molecule has 0 radical (unpaired) electrons. The number of carbonyl (C=O) groups excluding carboxylic acids is 1. The van der Waals surface area contributed by atoms with Gasteiger partial charge in [-0.2, -0.15) is 0 Å². The van der Waals surface area contributed by atoms with Crippen LogP contribution in [0.15, 0.2) is 30.3 Å². The van der Waals surface area contributed by atoms with Gasteiger partial charge in [-0.15, -0.1) is 0 Å². The van der Waals surface area contributed by atoms with Gasteiger partial charge in [0.1, 0.15) is 0 Å². The minimum absolute atomic E-state index is 0.224. The third-order valence-electron chi connectivity index (χ3n) is 2.51. The Morgan fingerprint density at radius 2 is 2.00 bits per heavy atom. The first-order chi connectivity index (χ1) is 8.40. The van der Waals surface area contributed by atoms with Crippen molar-refractivity contribution in [1.29, 1.82) is 0 Å². The standard InChI is InChI=1S/C14H20O2/c1-4-13(11(3)14(15)16-5-2)12-9-7-6-8-10-12/h6-11,13H,4-5H2,1-3H3/i11D,13D. The largest absolute Gasteiger partial charge is 0.466 e. The number of benzene rings is 1. The van der Waals surface area contributed by atoms with E-state index >= 15 is 0 Å². The third kappa shape index (κ3) is 3.09. The number of esters is 1. The Hall–Kier alpha value is -1.31. The number of rotatable bonds is 5. The average molecular weight is 222 g/mol. The molecular weight excluding hydrogens is 200 g/mol. The van der Waals surface area contributed by atoms with Crippen molar-refractivity contribution in [1.82, 2.24) is 0 Å². The van der Waals surface area contributed by atoms with Crippen LogP contribution in [0.5, 0.6) is 0 Å². The van der Waals surface area contributed by atoms with E-state index in [4.69, 9.17) is 7.48 Å². The van der Waals surface area contributed by atoms with E-state index in [1.54, 1.807) is 19.1 Å². The molecule has 0 aliphatic carbocycles. The summed E-state index contributed by atoms with van der Waals surface area (Å²) in [6, 6.07) is 9.04. The Morgan fingerprint density at radius 3 is 2.50 bits per heavy atom. The highest BCUT2D eigenvalue weighted by Gasteiger charge is 2.24. The fourth-order valence-electron chi connectivity index (χ4n) is 1.69. The van der Waals surface area contributed by atoms with E-state index in [1.165, 1.54) is 6.92 Å². The van der Waals surface area contributed by atoms with E-state index in [0.29, 0.717) is 12.0 Å². The number of carbonyl (C=O) groups is 1. The highest BCUT2D eigenvalue weighted by molar-refractivity contribution is 5.73. The van der Waals surface area contributed by atoms with Crippen molar-refractivity contribution in [3.63, 3.8) is 0 Å². The Morgan fingerprint density at radius 1 is 1.38 bits per heavy atom. The molecule has 0 heterocycles. The second-order valence-electron chi connectivity index (χ2n) is 3.54. The lowest BCUT2D eigenvalue weighted by Crippen LogP contribution is -2.21. The van der Waals surface area contributed by atoms with Gasteiger partial charge in [-0.05, 0) is 24.8 Å². The van der Waals surface area contributed by atoms with Crippen molar-refractivity contribution in [2.24, 2.45) is 5.89 Å². The second kappa shape index (κ2) is 6.31. The van der Waals surface area contributed by atoms with Gasteiger partial charge in [0.2, 0.25) is 0 Å². The van der Waals surface area contributed by atoms with Gasteiger partial charge < -0.3 is 4.74 Å². The maximum absolute atomic E-state index is 11.9. The van der Waals surface area contributed by atoms with Gasteiger partial charge in [0.25, 0.3) is 0 Å². The van der Waals surface area contributed by atoms with Crippen molar-refractivity contribution >= 4 is 5.97 Å². The second-order valence-corrected chi connectivity index (χ2v) is 3.54. The summed E-state index contributed by atoms with van der Waals surface area (Å²) in [5.74, 6) is -3.58. The molecule has 0 saturated carbocycles. The summed E-state index contributed by atoms with van der Waals surface area (Å²) in [6.07, 6.45) is 0.371. The van der Waals surface area contributed by atoms with Gasteiger partial charge in [0, 0.05) is 2.74 Å². The smallest absolute Gasteiger partial charge is 0.309 e. The first-order valence-electron chi connectivity index (χ1n) is 6.63. The maximum atomic E-state index is 11.9. The summed E-state index contributed by atoms with van der Waals surface area (Å²) in [7, 11) is 0. The van der Waals surface area contributed by atoms with Crippen LogP contribution in [0.2, 0.25) is 0 Å². The van der Waals surface area contributed by atoms with Gasteiger partial charge in [-0.25, -0.2) is 0 Å². The van der Waals surface area contributed by atoms with Crippen LogP contribution in [0.25, 0.3) is 0 Å². The van der Waals surface area contributed by atoms with E-state index in [2.05, 4.69) is 0 Å². The van der Waals surface area contributed by atoms with Crippen molar-refractivity contribution in [2.75, 3.05) is 6.61 Å². The van der Waals surface area contributed by atoms with E-state index < -0.39 is 17.8 Å². The molecule has 2 heteroatoms. The lowest BCUT2D eigenvalue weighted by Gasteiger charge is -2.21. The molecule has 0 saturated heterocycles. The van der Waals surface area contributed by atoms with Crippen LogP contribution in [0.1, 0.15) is 41.4 Å². The summed E-state index contributed by atoms with van der Waals surface area (Å²) >= 11 is 0. The Bertz CT molecular complexity index is 404. The molecule has 0 aliphatic rings. The molecule has 1 aromatic rings. The lowest BCUT2D eigenvalue weighted by molar-refractivity contribution is -0.148. The van der Waals surface area contributed by atoms with Gasteiger partial charge in [-0.1, -0.05) is 44.2 Å². The molecular formula is C14H20O2. The molecule has 0 bridgehead atoms. The van der Waals surface area contributed by atoms with Gasteiger partial charge >= 0.3 is 5.97 Å². The SMILES string of the molecule is [2H]C(C)(C(=O)OCC)C([2H])(CC)c1ccccc1. The summed E-state index contributed by atoms with van der Waals surface area (Å²) in [4.78, 5) is 11.9. The molecule has 2 unspecified atom stereocenters. The molecule has 1 rings (SSSR count). The van der Waals surface area contributed by atoms with Crippen LogP contribution in [0.4, 0.5) is 0 Å². The fourth-order valence-corrected chi connectivity index (χ4v) is 1.69. The molecule has 0 N–H and O–H groups in total. The molecule has 0 fully saturated rings. The molecule has 0 aromatic heterocycles. The molecule has 1 aromatic carbocycles. The van der Waals surface area contributed by atoms with Crippen LogP contribution in [-0.4, -0.2) is 12.6 Å². The van der Waals surface area contributed by atoms with Gasteiger partial charge in [0.05, 0.1) is 12.5 Å². The minimum Gasteiger partial charge on any atom is -0.466 e. The van der Waals surface area contributed by atoms with Crippen molar-refractivity contribution in [2.45, 2.75) is 33.1 Å². The molecule has 88 valence electrons. The van der Waals surface area contributed by atoms with E-state index in [0.717, 1.165) is 0 Å². The zero-order chi connectivity index (χ0) is 13.8. The van der Waals surface area contributed by atoms with E-state index in [9.17, 15) is 4.79 Å². The third-order valence-corrected chi connectivity index (χ3v) is 2.51. The topological polar surface area (TPSA) is 26.3 Å². The van der Waals surface area contributed by atoms with Crippen LogP contribution >= 0.6 is 0 Å². The predicted molar refractivity (Wildman–Crippen MR) is 65.3 cm³/mol. The maximum Gasteiger partial charge on any atom is 0.309 e. The molecule has 16 heavy (non-hydrogen) atoms. The van der Waals surface area contributed by atoms with Crippen molar-refractivity contribution in [3.8, 4) is 0 Å². The summed E-state index contributed by atoms with van der Waals surface area (Å²) < 4.78 is 21.7. The van der Waals surface area contributed by atoms with Gasteiger partial charge in [0.15, 0.2) is 0 Å². The fraction of sp³-hybridized carbons (Fsp3) is 0.500. The summed E-state index contributed by atoms with van der Waals surface area (Å²) in [6.45, 7) is 5.19. The van der Waals surface area contributed by atoms with Crippen LogP contribution in [0.3, 0.4) is 0 Å². The van der Waals surface area contributed by atoms with E-state index in [1.807, 2.05) is 25.1 Å². The van der Waals surface area contributed by atoms with Crippen molar-refractivity contribution in [3.05, 3.63) is 35.9 Å². The first kappa shape index (κ1) is 9.88. The Balaban J connectivity index is 3.19. The van der Waals surface area contributed by atoms with Gasteiger partial charge in [-0.3, -0.25) is 4.79 Å². The number of ether oxygens (including phenoxy) is 1. The lowest BCUT2D eigenvalue weighted by atomic mass is 9.85. The van der Waals surface area contributed by atoms with E-state index in [-0.39, 0.29) is 6.61 Å². The van der Waals surface area contributed by atoms with Crippen LogP contribution in [-0.2, 0) is 9.53 Å². The quantitative estimate of drug-likeness (QED) is 0.714. The Kier molecular flexibility index (Phi) is 3.90. The van der Waals surface area contributed by atoms with Crippen LogP contribution < -0.4 is 0 Å². The summed E-state index contributed by atoms with van der Waals surface area (Å²) in [5.41, 5.74) is 0.665. The highest BCUT2D eigenvalue weighted by atomic mass is 16.5. The van der Waals surface area contributed by atoms with Crippen LogP contribution in [0, 0.1) is 5.89 Å². The predicted octanol–water partition coefficient (Wildman–Crippen LogP) is 3.38. The zero-order valence-corrected chi connectivity index (χ0v) is 10.1. The van der Waals surface area contributed by atoms with Crippen molar-refractivity contribution < 1.29 is 12.3 Å². The average Bonchev–Trinajstić information content (AvgIpc) is 2.38. The molecule has 2 nitrogen and oxygen atoms in total. The zero-order valence-electron chi connectivity index (χ0n) is 12.1. The first-order valence-corrected chi connectivity index (χ1v) is 5.63. The summed E-state index contributed by atoms with van der Waals surface area (Å²) in [5, 5.41) is 0. The Labute approximate surface area is 100 Å². The normalized spacial score (nSPS) is 19.9. The minimum atomic E-state index is -1.63. The molecule has 2 atom stereocenters. The molecule has 0 aliphatic heterocycles.